The van der Waals surface area contributed by atoms with Gasteiger partial charge < -0.3 is 5.32 Å². The lowest BCUT2D eigenvalue weighted by atomic mass is 10.1. The molecule has 1 aromatic rings. The number of hydrogen-bond donors (Lipinski definition) is 1. The van der Waals surface area contributed by atoms with E-state index in [1.165, 1.54) is 24.8 Å². The number of amides is 1. The molecule has 3 heteroatoms. The highest BCUT2D eigenvalue weighted by Gasteiger charge is 2.02. The van der Waals surface area contributed by atoms with Crippen molar-refractivity contribution in [3.8, 4) is 0 Å². The van der Waals surface area contributed by atoms with Crippen molar-refractivity contribution in [1.82, 2.24) is 5.32 Å². The Morgan fingerprint density at radius 1 is 1.14 bits per heavy atom. The smallest absolute Gasteiger partial charge is 0.220 e. The van der Waals surface area contributed by atoms with E-state index in [0.717, 1.165) is 19.3 Å². The fraction of sp³-hybridized carbons (Fsp3) is 0.526. The van der Waals surface area contributed by atoms with Crippen LogP contribution in [-0.2, 0) is 11.2 Å². The predicted molar refractivity (Wildman–Crippen MR) is 90.3 cm³/mol. The number of carbonyl (C=O) groups is 1. The molecule has 0 aliphatic rings. The van der Waals surface area contributed by atoms with Crippen molar-refractivity contribution in [2.45, 2.75) is 58.3 Å². The van der Waals surface area contributed by atoms with Crippen LogP contribution < -0.4 is 5.32 Å². The second-order valence-corrected chi connectivity index (χ2v) is 5.62. The average molecular weight is 305 g/mol. The number of nitrogens with one attached hydrogen (secondary N) is 1. The topological polar surface area (TPSA) is 29.1 Å². The molecule has 0 aromatic heterocycles. The first-order chi connectivity index (χ1) is 10.7. The zero-order valence-electron chi connectivity index (χ0n) is 13.6. The molecule has 122 valence electrons. The van der Waals surface area contributed by atoms with Crippen LogP contribution in [0, 0.1) is 0 Å². The van der Waals surface area contributed by atoms with Gasteiger partial charge in [0.05, 0.1) is 6.54 Å². The molecule has 0 radical (unpaired) electrons. The van der Waals surface area contributed by atoms with Crippen LogP contribution in [0.3, 0.4) is 0 Å². The number of unbranched alkanes of at least 4 members (excludes halogenated alkanes) is 4. The summed E-state index contributed by atoms with van der Waals surface area (Å²) < 4.78 is 13.6. The highest BCUT2D eigenvalue weighted by molar-refractivity contribution is 5.76. The van der Waals surface area contributed by atoms with Gasteiger partial charge in [0.2, 0.25) is 5.91 Å². The van der Waals surface area contributed by atoms with E-state index >= 15 is 0 Å². The third kappa shape index (κ3) is 9.32. The summed E-state index contributed by atoms with van der Waals surface area (Å²) in [6.45, 7) is 2.18. The molecule has 0 fully saturated rings. The molecule has 1 rings (SSSR count). The number of hydrogen-bond acceptors (Lipinski definition) is 1. The molecule has 1 N–H and O–H groups in total. The van der Waals surface area contributed by atoms with Gasteiger partial charge in [-0.05, 0) is 24.8 Å². The molecule has 0 bridgehead atoms. The van der Waals surface area contributed by atoms with Gasteiger partial charge in [-0.25, -0.2) is 4.39 Å². The van der Waals surface area contributed by atoms with Gasteiger partial charge in [0.1, 0.15) is 5.83 Å². The summed E-state index contributed by atoms with van der Waals surface area (Å²) in [5.74, 6) is -0.307. The normalized spacial score (nSPS) is 11.5. The Labute approximate surface area is 133 Å². The molecule has 0 spiro atoms. The highest BCUT2D eigenvalue weighted by Crippen LogP contribution is 2.07. The van der Waals surface area contributed by atoms with Gasteiger partial charge in [0.25, 0.3) is 0 Å². The molecular formula is C19H28FNO. The van der Waals surface area contributed by atoms with Gasteiger partial charge in [0.15, 0.2) is 0 Å². The van der Waals surface area contributed by atoms with Crippen molar-refractivity contribution >= 4 is 5.91 Å². The van der Waals surface area contributed by atoms with Gasteiger partial charge in [0, 0.05) is 6.42 Å². The second-order valence-electron chi connectivity index (χ2n) is 5.62. The van der Waals surface area contributed by atoms with Crippen LogP contribution in [0.15, 0.2) is 42.2 Å². The van der Waals surface area contributed by atoms with Crippen molar-refractivity contribution in [3.63, 3.8) is 0 Å². The minimum absolute atomic E-state index is 0.0165. The van der Waals surface area contributed by atoms with Crippen molar-refractivity contribution in [2.75, 3.05) is 6.54 Å². The van der Waals surface area contributed by atoms with E-state index in [0.29, 0.717) is 12.8 Å². The monoisotopic (exact) mass is 305 g/mol. The molecule has 0 saturated heterocycles. The molecule has 0 atom stereocenters. The summed E-state index contributed by atoms with van der Waals surface area (Å²) in [5, 5.41) is 2.64. The standard InChI is InChI=1S/C19H28FNO/c1-2-3-4-5-9-15-19(22)21-16-18(20)14-10-13-17-11-7-6-8-12-17/h6-8,11-12,14H,2-5,9-10,13,15-16H2,1H3,(H,21,22)/b18-14+. The van der Waals surface area contributed by atoms with Crippen molar-refractivity contribution in [1.29, 1.82) is 0 Å². The summed E-state index contributed by atoms with van der Waals surface area (Å²) in [7, 11) is 0. The summed E-state index contributed by atoms with van der Waals surface area (Å²) in [6, 6.07) is 10.0. The number of rotatable bonds is 11. The van der Waals surface area contributed by atoms with Crippen LogP contribution in [0.1, 0.15) is 57.4 Å². The van der Waals surface area contributed by atoms with E-state index in [-0.39, 0.29) is 18.3 Å². The molecule has 0 unspecified atom stereocenters. The van der Waals surface area contributed by atoms with Crippen LogP contribution >= 0.6 is 0 Å². The maximum Gasteiger partial charge on any atom is 0.220 e. The zero-order valence-corrected chi connectivity index (χ0v) is 13.6. The van der Waals surface area contributed by atoms with Crippen molar-refractivity contribution < 1.29 is 9.18 Å². The molecular weight excluding hydrogens is 277 g/mol. The van der Waals surface area contributed by atoms with Crippen LogP contribution in [0.25, 0.3) is 0 Å². The molecule has 0 aliphatic carbocycles. The molecule has 0 saturated carbocycles. The highest BCUT2D eigenvalue weighted by atomic mass is 19.1. The Balaban J connectivity index is 2.09. The number of allylic oxidation sites excluding steroid dienone is 1. The zero-order chi connectivity index (χ0) is 16.0. The average Bonchev–Trinajstić information content (AvgIpc) is 2.54. The Bertz CT molecular complexity index is 442. The SMILES string of the molecule is CCCCCCCC(=O)NC/C(F)=C\CCc1ccccc1. The largest absolute Gasteiger partial charge is 0.350 e. The Morgan fingerprint density at radius 3 is 2.59 bits per heavy atom. The quantitative estimate of drug-likeness (QED) is 0.576. The van der Waals surface area contributed by atoms with Gasteiger partial charge in [-0.3, -0.25) is 4.79 Å². The van der Waals surface area contributed by atoms with Crippen LogP contribution in [0.2, 0.25) is 0 Å². The van der Waals surface area contributed by atoms with Gasteiger partial charge in [-0.15, -0.1) is 0 Å². The first-order valence-electron chi connectivity index (χ1n) is 8.37. The first-order valence-corrected chi connectivity index (χ1v) is 8.37. The molecule has 22 heavy (non-hydrogen) atoms. The van der Waals surface area contributed by atoms with E-state index in [4.69, 9.17) is 0 Å². The minimum Gasteiger partial charge on any atom is -0.350 e. The lowest BCUT2D eigenvalue weighted by molar-refractivity contribution is -0.121. The Hall–Kier alpha value is -1.64. The number of carbonyl (C=O) groups excluding carboxylic acids is 1. The van der Waals surface area contributed by atoms with Gasteiger partial charge in [-0.1, -0.05) is 69.0 Å². The summed E-state index contributed by atoms with van der Waals surface area (Å²) in [4.78, 5) is 11.6. The number of aryl methyl sites for hydroxylation is 1. The van der Waals surface area contributed by atoms with E-state index in [1.807, 2.05) is 30.3 Å². The Kier molecular flexibility index (Phi) is 10.0. The fourth-order valence-corrected chi connectivity index (χ4v) is 2.27. The van der Waals surface area contributed by atoms with Crippen molar-refractivity contribution in [3.05, 3.63) is 47.8 Å². The van der Waals surface area contributed by atoms with E-state index < -0.39 is 0 Å². The van der Waals surface area contributed by atoms with Crippen LogP contribution in [-0.4, -0.2) is 12.5 Å². The van der Waals surface area contributed by atoms with E-state index in [1.54, 1.807) is 6.08 Å². The third-order valence-corrected chi connectivity index (χ3v) is 3.60. The maximum absolute atomic E-state index is 13.6. The third-order valence-electron chi connectivity index (χ3n) is 3.60. The van der Waals surface area contributed by atoms with Crippen molar-refractivity contribution in [2.24, 2.45) is 0 Å². The predicted octanol–water partition coefficient (Wildman–Crippen LogP) is 4.95. The van der Waals surface area contributed by atoms with Crippen LogP contribution in [0.4, 0.5) is 4.39 Å². The van der Waals surface area contributed by atoms with E-state index in [9.17, 15) is 9.18 Å². The first kappa shape index (κ1) is 18.4. The summed E-state index contributed by atoms with van der Waals surface area (Å²) in [5.41, 5.74) is 1.20. The molecule has 1 aromatic carbocycles. The maximum atomic E-state index is 13.6. The summed E-state index contributed by atoms with van der Waals surface area (Å²) in [6.07, 6.45) is 9.11. The second kappa shape index (κ2) is 12.0. The number of halogens is 1. The molecule has 0 heterocycles. The molecule has 1 amide bonds. The summed E-state index contributed by atoms with van der Waals surface area (Å²) >= 11 is 0. The van der Waals surface area contributed by atoms with Gasteiger partial charge in [-0.2, -0.15) is 0 Å². The van der Waals surface area contributed by atoms with Gasteiger partial charge >= 0.3 is 0 Å². The molecule has 0 aliphatic heterocycles. The Morgan fingerprint density at radius 2 is 1.86 bits per heavy atom. The molecule has 2 nitrogen and oxygen atoms in total. The number of benzene rings is 1. The lowest BCUT2D eigenvalue weighted by Gasteiger charge is -2.04. The van der Waals surface area contributed by atoms with E-state index in [2.05, 4.69) is 12.2 Å². The van der Waals surface area contributed by atoms with Crippen LogP contribution in [0.5, 0.6) is 0 Å². The lowest BCUT2D eigenvalue weighted by Crippen LogP contribution is -2.24. The minimum atomic E-state index is -0.254. The fourth-order valence-electron chi connectivity index (χ4n) is 2.27.